The lowest BCUT2D eigenvalue weighted by molar-refractivity contribution is 1.22. The Labute approximate surface area is 184 Å². The minimum Gasteiger partial charge on any atom is -0.277 e. The summed E-state index contributed by atoms with van der Waals surface area (Å²) in [5, 5.41) is 7.47. The molecule has 0 aliphatic carbocycles. The molecule has 0 saturated carbocycles. The van der Waals surface area contributed by atoms with E-state index in [0.717, 1.165) is 21.3 Å². The van der Waals surface area contributed by atoms with Gasteiger partial charge < -0.3 is 0 Å². The van der Waals surface area contributed by atoms with Gasteiger partial charge in [0.15, 0.2) is 0 Å². The lowest BCUT2D eigenvalue weighted by Gasteiger charge is -2.01. The number of hydrogen-bond donors (Lipinski definition) is 0. The summed E-state index contributed by atoms with van der Waals surface area (Å²) in [6.07, 6.45) is 0. The molecule has 8 rings (SSSR count). The normalized spacial score (nSPS) is 12.7. The zero-order chi connectivity index (χ0) is 20.3. The van der Waals surface area contributed by atoms with E-state index in [2.05, 4.69) is 110 Å². The van der Waals surface area contributed by atoms with Crippen LogP contribution in [0.25, 0.3) is 65.7 Å². The van der Waals surface area contributed by atoms with Crippen LogP contribution < -0.4 is 0 Å². The number of halogens is 1. The first-order chi connectivity index (χ1) is 15.3. The van der Waals surface area contributed by atoms with Crippen molar-refractivity contribution in [2.45, 2.75) is 0 Å². The van der Waals surface area contributed by atoms with E-state index >= 15 is 0 Å². The molecule has 0 radical (unpaired) electrons. The van der Waals surface area contributed by atoms with Crippen LogP contribution in [-0.4, -0.2) is 13.8 Å². The maximum atomic E-state index is 5.13. The average molecular weight is 460 g/mol. The molecule has 3 aromatic heterocycles. The minimum absolute atomic E-state index is 0.966. The highest BCUT2D eigenvalue weighted by Crippen LogP contribution is 2.40. The Morgan fingerprint density at radius 3 is 1.97 bits per heavy atom. The maximum Gasteiger partial charge on any atom is 0.220 e. The van der Waals surface area contributed by atoms with Crippen LogP contribution in [-0.2, 0) is 0 Å². The van der Waals surface area contributed by atoms with Gasteiger partial charge in [-0.25, -0.2) is 4.98 Å². The SMILES string of the molecule is Brc1cc2c3cc4ccccc4cc3n3c2c(c1)n1c2cc4ccccc4cc2nc13. The van der Waals surface area contributed by atoms with Gasteiger partial charge in [-0.2, -0.15) is 0 Å². The van der Waals surface area contributed by atoms with Crippen LogP contribution in [0.4, 0.5) is 0 Å². The Kier molecular flexibility index (Phi) is 2.78. The second-order valence-electron chi connectivity index (χ2n) is 8.31. The first kappa shape index (κ1) is 16.1. The standard InChI is InChI=1S/C27H14BrN3/c28-19-13-21-20-9-15-5-1-3-7-17(15)11-23(20)31-26(21)25(14-19)30-24-12-18-8-4-2-6-16(18)10-22(24)29-27(30)31/h1-14H. The molecule has 8 aromatic rings. The molecular formula is C27H14BrN3. The number of rotatable bonds is 0. The molecule has 5 aromatic carbocycles. The largest absolute Gasteiger partial charge is 0.277 e. The van der Waals surface area contributed by atoms with E-state index in [-0.39, 0.29) is 0 Å². The van der Waals surface area contributed by atoms with Crippen LogP contribution in [0, 0.1) is 0 Å². The van der Waals surface area contributed by atoms with Gasteiger partial charge in [0.05, 0.1) is 27.6 Å². The van der Waals surface area contributed by atoms with Gasteiger partial charge in [0.1, 0.15) is 0 Å². The topological polar surface area (TPSA) is 21.7 Å². The number of hydrogen-bond acceptors (Lipinski definition) is 1. The number of imidazole rings is 2. The van der Waals surface area contributed by atoms with Crippen LogP contribution in [0.1, 0.15) is 0 Å². The Morgan fingerprint density at radius 2 is 1.23 bits per heavy atom. The predicted molar refractivity (Wildman–Crippen MR) is 133 cm³/mol. The quantitative estimate of drug-likeness (QED) is 0.229. The molecule has 0 amide bonds. The number of nitrogens with zero attached hydrogens (tertiary/aromatic N) is 3. The molecule has 0 aliphatic rings. The molecule has 0 bridgehead atoms. The van der Waals surface area contributed by atoms with Crippen molar-refractivity contribution in [1.82, 2.24) is 13.8 Å². The summed E-state index contributed by atoms with van der Waals surface area (Å²) < 4.78 is 5.73. The molecule has 0 spiro atoms. The number of benzene rings is 5. The molecule has 144 valence electrons. The van der Waals surface area contributed by atoms with Crippen molar-refractivity contribution in [1.29, 1.82) is 0 Å². The summed E-state index contributed by atoms with van der Waals surface area (Å²) in [6.45, 7) is 0. The van der Waals surface area contributed by atoms with Crippen molar-refractivity contribution in [3.05, 3.63) is 89.4 Å². The van der Waals surface area contributed by atoms with Crippen LogP contribution in [0.5, 0.6) is 0 Å². The van der Waals surface area contributed by atoms with Gasteiger partial charge in [0.25, 0.3) is 0 Å². The van der Waals surface area contributed by atoms with E-state index in [9.17, 15) is 0 Å². The smallest absolute Gasteiger partial charge is 0.220 e. The van der Waals surface area contributed by atoms with Crippen LogP contribution >= 0.6 is 15.9 Å². The van der Waals surface area contributed by atoms with Gasteiger partial charge in [-0.3, -0.25) is 8.80 Å². The Bertz CT molecular complexity index is 2010. The van der Waals surface area contributed by atoms with Crippen molar-refractivity contribution in [3.8, 4) is 0 Å². The Hall–Kier alpha value is -3.63. The fraction of sp³-hybridized carbons (Fsp3) is 0. The monoisotopic (exact) mass is 459 g/mol. The van der Waals surface area contributed by atoms with E-state index in [1.54, 1.807) is 0 Å². The van der Waals surface area contributed by atoms with E-state index in [1.807, 2.05) is 0 Å². The molecule has 3 heterocycles. The third-order valence-corrected chi connectivity index (χ3v) is 7.08. The first-order valence-corrected chi connectivity index (χ1v) is 11.1. The van der Waals surface area contributed by atoms with Gasteiger partial charge in [-0.15, -0.1) is 0 Å². The van der Waals surface area contributed by atoms with E-state index in [0.29, 0.717) is 0 Å². The molecule has 0 fully saturated rings. The van der Waals surface area contributed by atoms with E-state index < -0.39 is 0 Å². The Morgan fingerprint density at radius 1 is 0.581 bits per heavy atom. The number of fused-ring (bicyclic) bond motifs is 10. The average Bonchev–Trinajstić information content (AvgIpc) is 3.40. The van der Waals surface area contributed by atoms with Gasteiger partial charge in [0.2, 0.25) is 5.78 Å². The zero-order valence-electron chi connectivity index (χ0n) is 16.3. The Balaban J connectivity index is 1.69. The third kappa shape index (κ3) is 1.92. The lowest BCUT2D eigenvalue weighted by Crippen LogP contribution is -1.84. The van der Waals surface area contributed by atoms with Gasteiger partial charge in [0, 0.05) is 15.2 Å². The van der Waals surface area contributed by atoms with Crippen molar-refractivity contribution >= 4 is 81.6 Å². The summed E-state index contributed by atoms with van der Waals surface area (Å²) in [4.78, 5) is 5.13. The predicted octanol–water partition coefficient (Wildman–Crippen LogP) is 7.55. The van der Waals surface area contributed by atoms with E-state index in [4.69, 9.17) is 4.98 Å². The molecule has 0 aliphatic heterocycles. The number of aromatic nitrogens is 3. The van der Waals surface area contributed by atoms with Crippen molar-refractivity contribution in [2.75, 3.05) is 0 Å². The van der Waals surface area contributed by atoms with E-state index in [1.165, 1.54) is 48.9 Å². The fourth-order valence-corrected chi connectivity index (χ4v) is 5.74. The lowest BCUT2D eigenvalue weighted by atomic mass is 10.1. The van der Waals surface area contributed by atoms with Crippen LogP contribution in [0.3, 0.4) is 0 Å². The summed E-state index contributed by atoms with van der Waals surface area (Å²) in [5.41, 5.74) is 5.77. The molecule has 4 heteroatoms. The summed E-state index contributed by atoms with van der Waals surface area (Å²) >= 11 is 3.77. The first-order valence-electron chi connectivity index (χ1n) is 10.3. The highest BCUT2D eigenvalue weighted by atomic mass is 79.9. The van der Waals surface area contributed by atoms with Crippen molar-refractivity contribution in [2.24, 2.45) is 0 Å². The molecule has 0 N–H and O–H groups in total. The summed E-state index contributed by atoms with van der Waals surface area (Å²) in [7, 11) is 0. The molecule has 3 nitrogen and oxygen atoms in total. The van der Waals surface area contributed by atoms with Crippen molar-refractivity contribution in [3.63, 3.8) is 0 Å². The summed E-state index contributed by atoms with van der Waals surface area (Å²) in [6, 6.07) is 30.6. The second kappa shape index (κ2) is 5.34. The maximum absolute atomic E-state index is 5.13. The second-order valence-corrected chi connectivity index (χ2v) is 9.22. The molecule has 0 unspecified atom stereocenters. The van der Waals surface area contributed by atoms with Gasteiger partial charge >= 0.3 is 0 Å². The minimum atomic E-state index is 0.966. The fourth-order valence-electron chi connectivity index (χ4n) is 5.29. The van der Waals surface area contributed by atoms with Crippen molar-refractivity contribution < 1.29 is 0 Å². The molecule has 31 heavy (non-hydrogen) atoms. The molecule has 0 atom stereocenters. The van der Waals surface area contributed by atoms with Crippen LogP contribution in [0.2, 0.25) is 0 Å². The van der Waals surface area contributed by atoms with Gasteiger partial charge in [-0.05, 0) is 57.9 Å². The zero-order valence-corrected chi connectivity index (χ0v) is 17.9. The molecule has 0 saturated heterocycles. The third-order valence-electron chi connectivity index (χ3n) is 6.62. The molecular weight excluding hydrogens is 446 g/mol. The van der Waals surface area contributed by atoms with Gasteiger partial charge in [-0.1, -0.05) is 64.5 Å². The highest BCUT2D eigenvalue weighted by Gasteiger charge is 2.21. The van der Waals surface area contributed by atoms with Crippen LogP contribution in [0.15, 0.2) is 89.4 Å². The highest BCUT2D eigenvalue weighted by molar-refractivity contribution is 9.10. The summed E-state index contributed by atoms with van der Waals surface area (Å²) in [5.74, 6) is 0.966.